The molecule has 0 bridgehead atoms. The number of nitrogens with zero attached hydrogens (tertiary/aromatic N) is 1. The Labute approximate surface area is 97.5 Å². The second kappa shape index (κ2) is 3.96. The molecule has 1 aliphatic rings. The van der Waals surface area contributed by atoms with Crippen LogP contribution in [0.1, 0.15) is 38.8 Å². The van der Waals surface area contributed by atoms with E-state index in [4.69, 9.17) is 5.73 Å². The number of nitrogen functional groups attached to an aromatic ring is 1. The fourth-order valence-corrected chi connectivity index (χ4v) is 2.44. The molecule has 0 saturated heterocycles. The number of hydrogen-bond donors (Lipinski definition) is 2. The van der Waals surface area contributed by atoms with Crippen LogP contribution in [0.25, 0.3) is 0 Å². The molecule has 88 valence electrons. The van der Waals surface area contributed by atoms with Gasteiger partial charge in [-0.1, -0.05) is 20.3 Å². The summed E-state index contributed by atoms with van der Waals surface area (Å²) in [5, 5.41) is 3.50. The van der Waals surface area contributed by atoms with Crippen molar-refractivity contribution in [1.82, 2.24) is 4.98 Å². The van der Waals surface area contributed by atoms with Gasteiger partial charge in [0.15, 0.2) is 0 Å². The van der Waals surface area contributed by atoms with Crippen molar-refractivity contribution < 1.29 is 0 Å². The maximum absolute atomic E-state index is 5.93. The predicted octanol–water partition coefficient (Wildman–Crippen LogP) is 2.96. The lowest BCUT2D eigenvalue weighted by Crippen LogP contribution is -2.31. The minimum absolute atomic E-state index is 0.345. The molecule has 1 atom stereocenters. The van der Waals surface area contributed by atoms with Crippen LogP contribution in [0.3, 0.4) is 0 Å². The average Bonchev–Trinajstić information content (AvgIpc) is 2.52. The highest BCUT2D eigenvalue weighted by molar-refractivity contribution is 5.61. The molecule has 3 heteroatoms. The normalized spacial score (nSPS) is 23.3. The molecule has 0 aromatic carbocycles. The van der Waals surface area contributed by atoms with Gasteiger partial charge in [0, 0.05) is 11.7 Å². The molecule has 2 rings (SSSR count). The molecule has 1 aromatic heterocycles. The standard InChI is InChI=1S/C13H21N3/c1-9-6-7-10(14)12(15-9)16-11-5-4-8-13(11,2)3/h6-7,11H,4-5,8,14H2,1-3H3,(H,15,16). The Bertz CT molecular complexity index is 385. The Hall–Kier alpha value is -1.25. The lowest BCUT2D eigenvalue weighted by atomic mass is 9.87. The number of anilines is 2. The Balaban J connectivity index is 2.17. The second-order valence-corrected chi connectivity index (χ2v) is 5.47. The van der Waals surface area contributed by atoms with Gasteiger partial charge in [-0.3, -0.25) is 0 Å². The first-order valence-corrected chi connectivity index (χ1v) is 5.99. The second-order valence-electron chi connectivity index (χ2n) is 5.47. The van der Waals surface area contributed by atoms with Crippen LogP contribution in [0.5, 0.6) is 0 Å². The van der Waals surface area contributed by atoms with Crippen molar-refractivity contribution in [3.8, 4) is 0 Å². The lowest BCUT2D eigenvalue weighted by Gasteiger charge is -2.28. The van der Waals surface area contributed by atoms with Crippen LogP contribution < -0.4 is 11.1 Å². The first-order chi connectivity index (χ1) is 7.49. The summed E-state index contributed by atoms with van der Waals surface area (Å²) in [4.78, 5) is 4.47. The summed E-state index contributed by atoms with van der Waals surface area (Å²) >= 11 is 0. The van der Waals surface area contributed by atoms with Gasteiger partial charge in [-0.15, -0.1) is 0 Å². The van der Waals surface area contributed by atoms with Gasteiger partial charge in [-0.2, -0.15) is 0 Å². The van der Waals surface area contributed by atoms with Crippen molar-refractivity contribution in [1.29, 1.82) is 0 Å². The smallest absolute Gasteiger partial charge is 0.149 e. The van der Waals surface area contributed by atoms with Crippen LogP contribution in [-0.2, 0) is 0 Å². The summed E-state index contributed by atoms with van der Waals surface area (Å²) in [7, 11) is 0. The van der Waals surface area contributed by atoms with Crippen LogP contribution in [0, 0.1) is 12.3 Å². The fourth-order valence-electron chi connectivity index (χ4n) is 2.44. The van der Waals surface area contributed by atoms with Crippen LogP contribution in [0.4, 0.5) is 11.5 Å². The van der Waals surface area contributed by atoms with Gasteiger partial charge in [0.05, 0.1) is 5.69 Å². The topological polar surface area (TPSA) is 50.9 Å². The zero-order chi connectivity index (χ0) is 11.8. The Morgan fingerprint density at radius 3 is 2.81 bits per heavy atom. The van der Waals surface area contributed by atoms with Gasteiger partial charge in [0.2, 0.25) is 0 Å². The molecule has 1 aromatic rings. The van der Waals surface area contributed by atoms with Gasteiger partial charge in [0.25, 0.3) is 0 Å². The monoisotopic (exact) mass is 219 g/mol. The molecule has 0 spiro atoms. The van der Waals surface area contributed by atoms with Crippen LogP contribution in [-0.4, -0.2) is 11.0 Å². The number of nitrogens with two attached hydrogens (primary N) is 1. The van der Waals surface area contributed by atoms with Crippen molar-refractivity contribution in [2.24, 2.45) is 5.41 Å². The van der Waals surface area contributed by atoms with E-state index in [0.717, 1.165) is 17.2 Å². The molecule has 1 fully saturated rings. The van der Waals surface area contributed by atoms with E-state index < -0.39 is 0 Å². The lowest BCUT2D eigenvalue weighted by molar-refractivity contribution is 0.349. The SMILES string of the molecule is Cc1ccc(N)c(NC2CCCC2(C)C)n1. The van der Waals surface area contributed by atoms with Gasteiger partial charge in [0.1, 0.15) is 5.82 Å². The Morgan fingerprint density at radius 2 is 2.19 bits per heavy atom. The number of aryl methyl sites for hydroxylation is 1. The molecule has 0 aliphatic heterocycles. The van der Waals surface area contributed by atoms with Crippen molar-refractivity contribution in [3.05, 3.63) is 17.8 Å². The van der Waals surface area contributed by atoms with Gasteiger partial charge in [-0.25, -0.2) is 4.98 Å². The quantitative estimate of drug-likeness (QED) is 0.804. The Morgan fingerprint density at radius 1 is 1.44 bits per heavy atom. The minimum atomic E-state index is 0.345. The summed E-state index contributed by atoms with van der Waals surface area (Å²) in [5.74, 6) is 0.847. The largest absolute Gasteiger partial charge is 0.396 e. The highest BCUT2D eigenvalue weighted by atomic mass is 15.0. The first-order valence-electron chi connectivity index (χ1n) is 5.99. The van der Waals surface area contributed by atoms with Gasteiger partial charge >= 0.3 is 0 Å². The van der Waals surface area contributed by atoms with Crippen molar-refractivity contribution >= 4 is 11.5 Å². The third-order valence-electron chi connectivity index (χ3n) is 3.63. The number of pyridine rings is 1. The maximum atomic E-state index is 5.93. The number of nitrogens with one attached hydrogen (secondary N) is 1. The van der Waals surface area contributed by atoms with E-state index in [1.807, 2.05) is 19.1 Å². The summed E-state index contributed by atoms with van der Waals surface area (Å²) in [6, 6.07) is 4.36. The predicted molar refractivity (Wildman–Crippen MR) is 68.4 cm³/mol. The first kappa shape index (κ1) is 11.2. The molecular weight excluding hydrogens is 198 g/mol. The Kier molecular flexibility index (Phi) is 2.78. The summed E-state index contributed by atoms with van der Waals surface area (Å²) in [6.07, 6.45) is 3.77. The van der Waals surface area contributed by atoms with Crippen molar-refractivity contribution in [2.45, 2.75) is 46.1 Å². The summed E-state index contributed by atoms with van der Waals surface area (Å²) in [5.41, 5.74) is 8.03. The number of aromatic nitrogens is 1. The summed E-state index contributed by atoms with van der Waals surface area (Å²) in [6.45, 7) is 6.61. The molecule has 1 unspecified atom stereocenters. The molecule has 3 N–H and O–H groups in total. The highest BCUT2D eigenvalue weighted by Gasteiger charge is 2.34. The third kappa shape index (κ3) is 2.13. The zero-order valence-corrected chi connectivity index (χ0v) is 10.4. The van der Waals surface area contributed by atoms with E-state index in [9.17, 15) is 0 Å². The van der Waals surface area contributed by atoms with E-state index in [2.05, 4.69) is 24.1 Å². The zero-order valence-electron chi connectivity index (χ0n) is 10.4. The summed E-state index contributed by atoms with van der Waals surface area (Å²) < 4.78 is 0. The van der Waals surface area contributed by atoms with Crippen molar-refractivity contribution in [3.63, 3.8) is 0 Å². The molecule has 0 radical (unpaired) electrons. The molecule has 1 aliphatic carbocycles. The molecule has 16 heavy (non-hydrogen) atoms. The molecule has 3 nitrogen and oxygen atoms in total. The van der Waals surface area contributed by atoms with Crippen LogP contribution in [0.2, 0.25) is 0 Å². The third-order valence-corrected chi connectivity index (χ3v) is 3.63. The molecule has 1 heterocycles. The molecular formula is C13H21N3. The maximum Gasteiger partial charge on any atom is 0.149 e. The van der Waals surface area contributed by atoms with Crippen LogP contribution >= 0.6 is 0 Å². The average molecular weight is 219 g/mol. The van der Waals surface area contributed by atoms with Crippen molar-refractivity contribution in [2.75, 3.05) is 11.1 Å². The van der Waals surface area contributed by atoms with E-state index in [1.54, 1.807) is 0 Å². The van der Waals surface area contributed by atoms with E-state index >= 15 is 0 Å². The highest BCUT2D eigenvalue weighted by Crippen LogP contribution is 2.39. The molecule has 0 amide bonds. The van der Waals surface area contributed by atoms with E-state index in [1.165, 1.54) is 19.3 Å². The number of hydrogen-bond acceptors (Lipinski definition) is 3. The van der Waals surface area contributed by atoms with Gasteiger partial charge < -0.3 is 11.1 Å². The fraction of sp³-hybridized carbons (Fsp3) is 0.615. The number of rotatable bonds is 2. The van der Waals surface area contributed by atoms with E-state index in [0.29, 0.717) is 11.5 Å². The van der Waals surface area contributed by atoms with Gasteiger partial charge in [-0.05, 0) is 37.3 Å². The minimum Gasteiger partial charge on any atom is -0.396 e. The molecule has 1 saturated carbocycles. The van der Waals surface area contributed by atoms with Crippen LogP contribution in [0.15, 0.2) is 12.1 Å². The van der Waals surface area contributed by atoms with E-state index in [-0.39, 0.29) is 0 Å².